The Morgan fingerprint density at radius 3 is 2.93 bits per heavy atom. The smallest absolute Gasteiger partial charge is 0.197 e. The summed E-state index contributed by atoms with van der Waals surface area (Å²) in [6.45, 7) is 4.19. The zero-order chi connectivity index (χ0) is 10.6. The van der Waals surface area contributed by atoms with Crippen molar-refractivity contribution in [1.29, 1.82) is 0 Å². The first kappa shape index (κ1) is 11.5. The van der Waals surface area contributed by atoms with Gasteiger partial charge in [-0.3, -0.25) is 0 Å². The minimum Gasteiger partial charge on any atom is -0.338 e. The average Bonchev–Trinajstić information content (AvgIpc) is 2.18. The van der Waals surface area contributed by atoms with Crippen LogP contribution in [0.15, 0.2) is 17.0 Å². The molecule has 1 aliphatic rings. The van der Waals surface area contributed by atoms with E-state index in [0.29, 0.717) is 0 Å². The lowest BCUT2D eigenvalue weighted by Crippen LogP contribution is -2.37. The maximum absolute atomic E-state index is 13.0. The van der Waals surface area contributed by atoms with Gasteiger partial charge in [-0.1, -0.05) is 31.9 Å². The predicted molar refractivity (Wildman–Crippen MR) is 58.2 cm³/mol. The van der Waals surface area contributed by atoms with E-state index in [9.17, 15) is 4.39 Å². The Kier molecular flexibility index (Phi) is 4.39. The zero-order valence-corrected chi connectivity index (χ0v) is 9.34. The van der Waals surface area contributed by atoms with Gasteiger partial charge in [-0.15, -0.1) is 0 Å². The van der Waals surface area contributed by atoms with Crippen LogP contribution in [-0.2, 0) is 0 Å². The quantitative estimate of drug-likeness (QED) is 0.522. The molecule has 0 saturated carbocycles. The van der Waals surface area contributed by atoms with Gasteiger partial charge < -0.3 is 4.90 Å². The summed E-state index contributed by atoms with van der Waals surface area (Å²) in [6, 6.07) is 0.283. The fraction of sp³-hybridized carbons (Fsp3) is 0.700. The number of hydrogen-bond acceptors (Lipinski definition) is 2. The number of alkyl halides is 1. The van der Waals surface area contributed by atoms with Crippen LogP contribution in [0.3, 0.4) is 0 Å². The summed E-state index contributed by atoms with van der Waals surface area (Å²) in [5, 5.41) is 0. The second kappa shape index (κ2) is 5.35. The highest BCUT2D eigenvalue weighted by molar-refractivity contribution is 6.20. The molecular formula is C10H16ClFN2. The molecule has 0 aromatic carbocycles. The second-order valence-electron chi connectivity index (χ2n) is 3.40. The van der Waals surface area contributed by atoms with E-state index < -0.39 is 5.62 Å². The molecule has 0 radical (unpaired) electrons. The van der Waals surface area contributed by atoms with Crippen molar-refractivity contribution in [2.45, 2.75) is 44.8 Å². The molecule has 0 spiro atoms. The third-order valence-electron chi connectivity index (χ3n) is 2.35. The molecule has 0 saturated heterocycles. The Hall–Kier alpha value is -0.570. The van der Waals surface area contributed by atoms with Gasteiger partial charge in [0.2, 0.25) is 0 Å². The standard InChI is InChI=1S/C10H16ClFN2/c1-3-5-9(4-2)14-7-8(12)6-13-10(14)11/h6-7,9-10H,3-5H2,1-2H3. The van der Waals surface area contributed by atoms with Crippen molar-refractivity contribution in [3.05, 3.63) is 12.0 Å². The second-order valence-corrected chi connectivity index (χ2v) is 3.79. The van der Waals surface area contributed by atoms with Gasteiger partial charge in [0.15, 0.2) is 11.5 Å². The number of aliphatic imine (C=N–C) groups is 1. The number of allylic oxidation sites excluding steroid dienone is 1. The highest BCUT2D eigenvalue weighted by Crippen LogP contribution is 2.22. The monoisotopic (exact) mass is 218 g/mol. The lowest BCUT2D eigenvalue weighted by molar-refractivity contribution is 0.231. The maximum atomic E-state index is 13.0. The molecule has 14 heavy (non-hydrogen) atoms. The van der Waals surface area contributed by atoms with Crippen molar-refractivity contribution >= 4 is 17.8 Å². The van der Waals surface area contributed by atoms with E-state index in [0.717, 1.165) is 19.3 Å². The topological polar surface area (TPSA) is 15.6 Å². The Labute approximate surface area is 89.5 Å². The summed E-state index contributed by atoms with van der Waals surface area (Å²) in [5.74, 6) is -0.323. The molecule has 0 amide bonds. The minimum atomic E-state index is -0.453. The van der Waals surface area contributed by atoms with Gasteiger partial charge in [0.05, 0.1) is 6.21 Å². The van der Waals surface area contributed by atoms with Crippen LogP contribution in [-0.4, -0.2) is 22.8 Å². The van der Waals surface area contributed by atoms with Crippen LogP contribution in [0, 0.1) is 0 Å². The first-order valence-corrected chi connectivity index (χ1v) is 5.44. The molecule has 1 aliphatic heterocycles. The van der Waals surface area contributed by atoms with E-state index in [1.807, 2.05) is 0 Å². The van der Waals surface area contributed by atoms with Gasteiger partial charge in [0.1, 0.15) is 0 Å². The van der Waals surface area contributed by atoms with E-state index in [-0.39, 0.29) is 11.9 Å². The summed E-state index contributed by atoms with van der Waals surface area (Å²) in [4.78, 5) is 5.66. The van der Waals surface area contributed by atoms with Crippen LogP contribution in [0.4, 0.5) is 4.39 Å². The maximum Gasteiger partial charge on any atom is 0.197 e. The Morgan fingerprint density at radius 1 is 1.64 bits per heavy atom. The Balaban J connectivity index is 2.69. The molecule has 1 heterocycles. The molecule has 80 valence electrons. The average molecular weight is 219 g/mol. The van der Waals surface area contributed by atoms with Crippen molar-refractivity contribution < 1.29 is 4.39 Å². The van der Waals surface area contributed by atoms with Crippen LogP contribution in [0.1, 0.15) is 33.1 Å². The van der Waals surface area contributed by atoms with Gasteiger partial charge in [0, 0.05) is 12.2 Å². The van der Waals surface area contributed by atoms with Crippen LogP contribution < -0.4 is 0 Å². The fourth-order valence-corrected chi connectivity index (χ4v) is 1.90. The van der Waals surface area contributed by atoms with Crippen LogP contribution in [0.2, 0.25) is 0 Å². The van der Waals surface area contributed by atoms with Crippen LogP contribution in [0.25, 0.3) is 0 Å². The molecule has 0 aliphatic carbocycles. The third-order valence-corrected chi connectivity index (χ3v) is 2.69. The van der Waals surface area contributed by atoms with E-state index in [1.165, 1.54) is 12.4 Å². The van der Waals surface area contributed by atoms with E-state index >= 15 is 0 Å². The molecule has 4 heteroatoms. The highest BCUT2D eigenvalue weighted by atomic mass is 35.5. The van der Waals surface area contributed by atoms with E-state index in [1.54, 1.807) is 4.90 Å². The van der Waals surface area contributed by atoms with Crippen molar-refractivity contribution in [3.8, 4) is 0 Å². The number of rotatable bonds is 4. The SMILES string of the molecule is CCCC(CC)N1C=C(F)C=NC1Cl. The molecule has 0 bridgehead atoms. The van der Waals surface area contributed by atoms with Gasteiger partial charge in [0.25, 0.3) is 0 Å². The molecule has 0 aromatic heterocycles. The van der Waals surface area contributed by atoms with Gasteiger partial charge in [-0.2, -0.15) is 0 Å². The molecule has 2 unspecified atom stereocenters. The van der Waals surface area contributed by atoms with Crippen LogP contribution >= 0.6 is 11.6 Å². The van der Waals surface area contributed by atoms with Gasteiger partial charge >= 0.3 is 0 Å². The van der Waals surface area contributed by atoms with E-state index in [2.05, 4.69) is 18.8 Å². The lowest BCUT2D eigenvalue weighted by Gasteiger charge is -2.33. The zero-order valence-electron chi connectivity index (χ0n) is 8.58. The number of hydrogen-bond donors (Lipinski definition) is 0. The van der Waals surface area contributed by atoms with E-state index in [4.69, 9.17) is 11.6 Å². The molecule has 1 rings (SSSR count). The largest absolute Gasteiger partial charge is 0.338 e. The Morgan fingerprint density at radius 2 is 2.36 bits per heavy atom. The fourth-order valence-electron chi connectivity index (χ4n) is 1.62. The third kappa shape index (κ3) is 2.71. The highest BCUT2D eigenvalue weighted by Gasteiger charge is 2.22. The number of halogens is 2. The number of nitrogens with zero attached hydrogens (tertiary/aromatic N) is 2. The molecule has 0 N–H and O–H groups in total. The minimum absolute atomic E-state index is 0.283. The first-order chi connectivity index (χ1) is 6.69. The Bertz CT molecular complexity index is 240. The van der Waals surface area contributed by atoms with Crippen molar-refractivity contribution in [1.82, 2.24) is 4.90 Å². The summed E-state index contributed by atoms with van der Waals surface area (Å²) in [6.07, 6.45) is 5.66. The van der Waals surface area contributed by atoms with Crippen LogP contribution in [0.5, 0.6) is 0 Å². The van der Waals surface area contributed by atoms with Crippen molar-refractivity contribution in [2.75, 3.05) is 0 Å². The van der Waals surface area contributed by atoms with Crippen molar-refractivity contribution in [2.24, 2.45) is 4.99 Å². The first-order valence-electron chi connectivity index (χ1n) is 5.01. The lowest BCUT2D eigenvalue weighted by atomic mass is 10.1. The molecule has 0 aromatic rings. The van der Waals surface area contributed by atoms with Gasteiger partial charge in [-0.25, -0.2) is 9.38 Å². The van der Waals surface area contributed by atoms with Crippen molar-refractivity contribution in [3.63, 3.8) is 0 Å². The molecule has 2 atom stereocenters. The predicted octanol–water partition coefficient (Wildman–Crippen LogP) is 3.28. The van der Waals surface area contributed by atoms with Gasteiger partial charge in [-0.05, 0) is 12.8 Å². The molecule has 2 nitrogen and oxygen atoms in total. The molecular weight excluding hydrogens is 203 g/mol. The summed E-state index contributed by atoms with van der Waals surface area (Å²) >= 11 is 5.97. The molecule has 0 fully saturated rings. The summed E-state index contributed by atoms with van der Waals surface area (Å²) < 4.78 is 13.0. The summed E-state index contributed by atoms with van der Waals surface area (Å²) in [5.41, 5.74) is -0.453. The normalized spacial score (nSPS) is 23.6. The summed E-state index contributed by atoms with van der Waals surface area (Å²) in [7, 11) is 0.